The molecule has 0 unspecified atom stereocenters. The van der Waals surface area contributed by atoms with E-state index in [2.05, 4.69) is 15.2 Å². The van der Waals surface area contributed by atoms with Crippen LogP contribution in [0.2, 0.25) is 0 Å². The molecule has 7 heteroatoms. The average molecular weight is 300 g/mol. The Morgan fingerprint density at radius 1 is 1.41 bits per heavy atom. The van der Waals surface area contributed by atoms with Crippen LogP contribution in [0.4, 0.5) is 0 Å². The van der Waals surface area contributed by atoms with Gasteiger partial charge in [0.25, 0.3) is 11.5 Å². The maximum atomic E-state index is 12.4. The molecule has 114 valence electrons. The second-order valence-corrected chi connectivity index (χ2v) is 5.15. The van der Waals surface area contributed by atoms with Crippen molar-refractivity contribution in [1.82, 2.24) is 20.1 Å². The van der Waals surface area contributed by atoms with Gasteiger partial charge in [-0.05, 0) is 30.7 Å². The predicted molar refractivity (Wildman–Crippen MR) is 78.4 cm³/mol. The lowest BCUT2D eigenvalue weighted by atomic mass is 10.1. The van der Waals surface area contributed by atoms with Crippen LogP contribution in [0.15, 0.2) is 35.3 Å². The molecule has 2 aromatic rings. The van der Waals surface area contributed by atoms with Crippen LogP contribution >= 0.6 is 0 Å². The summed E-state index contributed by atoms with van der Waals surface area (Å²) in [6.45, 7) is 3.32. The van der Waals surface area contributed by atoms with Crippen molar-refractivity contribution in [2.45, 2.75) is 13.0 Å². The Kier molecular flexibility index (Phi) is 3.97. The van der Waals surface area contributed by atoms with Gasteiger partial charge in [-0.15, -0.1) is 0 Å². The summed E-state index contributed by atoms with van der Waals surface area (Å²) in [6, 6.07) is 6.58. The molecular formula is C15H16N4O3. The smallest absolute Gasteiger partial charge is 0.274 e. The third-order valence-electron chi connectivity index (χ3n) is 3.54. The maximum Gasteiger partial charge on any atom is 0.274 e. The van der Waals surface area contributed by atoms with Gasteiger partial charge in [-0.1, -0.05) is 0 Å². The summed E-state index contributed by atoms with van der Waals surface area (Å²) in [6.07, 6.45) is 1.56. The number of hydrogen-bond acceptors (Lipinski definition) is 5. The van der Waals surface area contributed by atoms with Crippen molar-refractivity contribution in [3.63, 3.8) is 0 Å². The number of H-pyrrole nitrogens is 1. The number of nitrogens with one attached hydrogen (secondary N) is 1. The van der Waals surface area contributed by atoms with Gasteiger partial charge in [0.05, 0.1) is 13.2 Å². The molecule has 1 saturated heterocycles. The highest BCUT2D eigenvalue weighted by Crippen LogP contribution is 2.23. The normalized spacial score (nSPS) is 18.2. The van der Waals surface area contributed by atoms with Crippen molar-refractivity contribution in [3.8, 4) is 0 Å². The second kappa shape index (κ2) is 6.07. The van der Waals surface area contributed by atoms with Gasteiger partial charge in [-0.2, -0.15) is 5.10 Å². The highest BCUT2D eigenvalue weighted by molar-refractivity contribution is 5.92. The molecule has 0 aliphatic carbocycles. The van der Waals surface area contributed by atoms with Crippen molar-refractivity contribution >= 4 is 5.91 Å². The number of hydrogen-bond donors (Lipinski definition) is 1. The molecule has 1 fully saturated rings. The number of ether oxygens (including phenoxy) is 1. The Hall–Kier alpha value is -2.54. The zero-order valence-electron chi connectivity index (χ0n) is 12.2. The third kappa shape index (κ3) is 3.04. The van der Waals surface area contributed by atoms with Crippen LogP contribution in [0, 0.1) is 6.92 Å². The Morgan fingerprint density at radius 3 is 3.00 bits per heavy atom. The van der Waals surface area contributed by atoms with Gasteiger partial charge < -0.3 is 9.64 Å². The topological polar surface area (TPSA) is 88.2 Å². The first-order valence-electron chi connectivity index (χ1n) is 7.02. The zero-order chi connectivity index (χ0) is 15.5. The number of pyridine rings is 1. The summed E-state index contributed by atoms with van der Waals surface area (Å²) >= 11 is 0. The van der Waals surface area contributed by atoms with Gasteiger partial charge in [0, 0.05) is 24.5 Å². The molecule has 1 amide bonds. The fourth-order valence-electron chi connectivity index (χ4n) is 2.43. The molecule has 2 aromatic heterocycles. The Bertz CT molecular complexity index is 723. The largest absolute Gasteiger partial charge is 0.370 e. The lowest BCUT2D eigenvalue weighted by Gasteiger charge is -2.33. The first kappa shape index (κ1) is 14.4. The molecule has 3 rings (SSSR count). The van der Waals surface area contributed by atoms with E-state index >= 15 is 0 Å². The lowest BCUT2D eigenvalue weighted by Crippen LogP contribution is -2.42. The second-order valence-electron chi connectivity index (χ2n) is 5.15. The number of nitrogens with zero attached hydrogens (tertiary/aromatic N) is 3. The molecule has 1 aliphatic heterocycles. The summed E-state index contributed by atoms with van der Waals surface area (Å²) in [4.78, 5) is 29.3. The van der Waals surface area contributed by atoms with Gasteiger partial charge in [-0.25, -0.2) is 5.10 Å². The quantitative estimate of drug-likeness (QED) is 0.881. The van der Waals surface area contributed by atoms with E-state index in [-0.39, 0.29) is 23.3 Å². The summed E-state index contributed by atoms with van der Waals surface area (Å²) < 4.78 is 5.75. The first-order valence-corrected chi connectivity index (χ1v) is 7.02. The first-order chi connectivity index (χ1) is 10.6. The number of aromatic nitrogens is 3. The van der Waals surface area contributed by atoms with Crippen LogP contribution in [0.25, 0.3) is 0 Å². The van der Waals surface area contributed by atoms with Crippen molar-refractivity contribution in [2.75, 3.05) is 19.7 Å². The number of rotatable bonds is 2. The number of carbonyl (C=O) groups is 1. The molecule has 1 aliphatic rings. The fraction of sp³-hybridized carbons (Fsp3) is 0.333. The maximum absolute atomic E-state index is 12.4. The summed E-state index contributed by atoms with van der Waals surface area (Å²) in [5.41, 5.74) is 1.81. The number of amides is 1. The average Bonchev–Trinajstić information content (AvgIpc) is 2.55. The minimum atomic E-state index is -0.330. The molecule has 7 nitrogen and oxygen atoms in total. The van der Waals surface area contributed by atoms with E-state index in [1.807, 2.05) is 19.1 Å². The van der Waals surface area contributed by atoms with E-state index in [4.69, 9.17) is 4.74 Å². The van der Waals surface area contributed by atoms with Crippen LogP contribution in [0.5, 0.6) is 0 Å². The molecule has 0 aromatic carbocycles. The standard InChI is InChI=1S/C15H16N4O3/c1-10-8-11(4-5-16-10)13-9-19(6-7-22-13)15(21)12-2-3-14(20)18-17-12/h2-5,8,13H,6-7,9H2,1H3,(H,18,20)/t13-/m0/s1. The molecule has 1 N–H and O–H groups in total. The van der Waals surface area contributed by atoms with Crippen molar-refractivity contribution in [3.05, 3.63) is 57.8 Å². The molecule has 1 atom stereocenters. The van der Waals surface area contributed by atoms with Gasteiger partial charge in [0.2, 0.25) is 0 Å². The van der Waals surface area contributed by atoms with Gasteiger partial charge in [0.15, 0.2) is 0 Å². The van der Waals surface area contributed by atoms with Crippen LogP contribution in [-0.4, -0.2) is 45.7 Å². The Morgan fingerprint density at radius 2 is 2.27 bits per heavy atom. The summed E-state index contributed by atoms with van der Waals surface area (Å²) in [5.74, 6) is -0.213. The van der Waals surface area contributed by atoms with Crippen LogP contribution < -0.4 is 5.56 Å². The van der Waals surface area contributed by atoms with E-state index in [1.165, 1.54) is 12.1 Å². The Balaban J connectivity index is 1.76. The van der Waals surface area contributed by atoms with Crippen LogP contribution in [-0.2, 0) is 4.74 Å². The minimum absolute atomic E-state index is 0.179. The van der Waals surface area contributed by atoms with Crippen molar-refractivity contribution < 1.29 is 9.53 Å². The molecule has 0 spiro atoms. The van der Waals surface area contributed by atoms with E-state index < -0.39 is 0 Å². The summed E-state index contributed by atoms with van der Waals surface area (Å²) in [7, 11) is 0. The molecule has 3 heterocycles. The molecule has 22 heavy (non-hydrogen) atoms. The molecule has 0 radical (unpaired) electrons. The monoisotopic (exact) mass is 300 g/mol. The van der Waals surface area contributed by atoms with E-state index in [1.54, 1.807) is 11.1 Å². The van der Waals surface area contributed by atoms with E-state index in [9.17, 15) is 9.59 Å². The highest BCUT2D eigenvalue weighted by atomic mass is 16.5. The predicted octanol–water partition coefficient (Wildman–Crippen LogP) is 0.687. The number of morpholine rings is 1. The SMILES string of the molecule is Cc1cc([C@@H]2CN(C(=O)c3ccc(=O)[nH]n3)CCO2)ccn1. The van der Waals surface area contributed by atoms with Crippen LogP contribution in [0.3, 0.4) is 0 Å². The van der Waals surface area contributed by atoms with Crippen LogP contribution in [0.1, 0.15) is 27.8 Å². The van der Waals surface area contributed by atoms with Gasteiger partial charge >= 0.3 is 0 Å². The number of aromatic amines is 1. The lowest BCUT2D eigenvalue weighted by molar-refractivity contribution is -0.0231. The van der Waals surface area contributed by atoms with E-state index in [0.29, 0.717) is 19.7 Å². The fourth-order valence-corrected chi connectivity index (χ4v) is 2.43. The van der Waals surface area contributed by atoms with E-state index in [0.717, 1.165) is 11.3 Å². The third-order valence-corrected chi connectivity index (χ3v) is 3.54. The van der Waals surface area contributed by atoms with Gasteiger partial charge in [0.1, 0.15) is 11.8 Å². The molecular weight excluding hydrogens is 284 g/mol. The number of aryl methyl sites for hydroxylation is 1. The Labute approximate surface area is 126 Å². The van der Waals surface area contributed by atoms with Crippen molar-refractivity contribution in [1.29, 1.82) is 0 Å². The zero-order valence-corrected chi connectivity index (χ0v) is 12.2. The minimum Gasteiger partial charge on any atom is -0.370 e. The molecule has 0 bridgehead atoms. The molecule has 0 saturated carbocycles. The highest BCUT2D eigenvalue weighted by Gasteiger charge is 2.27. The summed E-state index contributed by atoms with van der Waals surface area (Å²) in [5, 5.41) is 6.06. The number of carbonyl (C=O) groups excluding carboxylic acids is 1. The van der Waals surface area contributed by atoms with Crippen molar-refractivity contribution in [2.24, 2.45) is 0 Å². The van der Waals surface area contributed by atoms with Gasteiger partial charge in [-0.3, -0.25) is 14.6 Å².